The van der Waals surface area contributed by atoms with Gasteiger partial charge in [0.15, 0.2) is 0 Å². The van der Waals surface area contributed by atoms with E-state index >= 15 is 0 Å². The lowest BCUT2D eigenvalue weighted by molar-refractivity contribution is -0.131. The van der Waals surface area contributed by atoms with Crippen molar-refractivity contribution in [1.82, 2.24) is 4.98 Å². The zero-order chi connectivity index (χ0) is 19.8. The van der Waals surface area contributed by atoms with Crippen LogP contribution in [0, 0.1) is 6.92 Å². The molecule has 0 aliphatic carbocycles. The Morgan fingerprint density at radius 2 is 2.04 bits per heavy atom. The maximum absolute atomic E-state index is 13.3. The molecule has 142 valence electrons. The van der Waals surface area contributed by atoms with Crippen LogP contribution in [-0.2, 0) is 11.2 Å². The first kappa shape index (κ1) is 18.4. The summed E-state index contributed by atoms with van der Waals surface area (Å²) in [4.78, 5) is 29.4. The summed E-state index contributed by atoms with van der Waals surface area (Å²) in [6, 6.07) is 11.2. The smallest absolute Gasteiger partial charge is 0.308 e. The van der Waals surface area contributed by atoms with E-state index in [2.05, 4.69) is 4.98 Å². The van der Waals surface area contributed by atoms with Crippen LogP contribution in [-0.4, -0.2) is 11.0 Å². The van der Waals surface area contributed by atoms with Crippen LogP contribution >= 0.6 is 11.3 Å². The number of carbonyl (C=O) groups is 1. The van der Waals surface area contributed by atoms with Gasteiger partial charge < -0.3 is 9.15 Å². The first-order chi connectivity index (χ1) is 13.5. The molecule has 0 radical (unpaired) electrons. The lowest BCUT2D eigenvalue weighted by Gasteiger charge is -2.11. The highest BCUT2D eigenvalue weighted by Crippen LogP contribution is 2.33. The third-order valence-corrected chi connectivity index (χ3v) is 5.58. The molecular weight excluding hydrogens is 374 g/mol. The van der Waals surface area contributed by atoms with Crippen LogP contribution < -0.4 is 10.2 Å². The van der Waals surface area contributed by atoms with Crippen molar-refractivity contribution in [3.8, 4) is 16.3 Å². The fourth-order valence-electron chi connectivity index (χ4n) is 3.32. The van der Waals surface area contributed by atoms with E-state index in [0.29, 0.717) is 39.5 Å². The number of ether oxygens (including phenoxy) is 1. The molecule has 2 aromatic carbocycles. The molecule has 4 aromatic rings. The molecule has 0 saturated heterocycles. The van der Waals surface area contributed by atoms with E-state index in [1.165, 1.54) is 18.3 Å². The number of fused-ring (bicyclic) bond motifs is 2. The zero-order valence-electron chi connectivity index (χ0n) is 15.9. The Morgan fingerprint density at radius 3 is 2.75 bits per heavy atom. The highest BCUT2D eigenvalue weighted by Gasteiger charge is 2.19. The van der Waals surface area contributed by atoms with Gasteiger partial charge in [-0.25, -0.2) is 4.98 Å². The summed E-state index contributed by atoms with van der Waals surface area (Å²) in [5.41, 5.74) is 2.44. The Morgan fingerprint density at radius 1 is 1.25 bits per heavy atom. The third kappa shape index (κ3) is 3.20. The van der Waals surface area contributed by atoms with E-state index < -0.39 is 5.97 Å². The van der Waals surface area contributed by atoms with Crippen LogP contribution in [0.25, 0.3) is 31.8 Å². The second-order valence-corrected chi connectivity index (χ2v) is 7.68. The predicted octanol–water partition coefficient (Wildman–Crippen LogP) is 5.26. The molecule has 4 rings (SSSR count). The van der Waals surface area contributed by atoms with Gasteiger partial charge >= 0.3 is 5.97 Å². The molecule has 0 aliphatic rings. The molecule has 0 aliphatic heterocycles. The van der Waals surface area contributed by atoms with Crippen molar-refractivity contribution in [2.45, 2.75) is 33.6 Å². The number of rotatable bonds is 4. The van der Waals surface area contributed by atoms with E-state index in [1.54, 1.807) is 19.1 Å². The van der Waals surface area contributed by atoms with Crippen LogP contribution in [0.2, 0.25) is 0 Å². The number of hydrogen-bond donors (Lipinski definition) is 0. The molecule has 0 saturated carbocycles. The van der Waals surface area contributed by atoms with Crippen molar-refractivity contribution in [2.75, 3.05) is 0 Å². The summed E-state index contributed by atoms with van der Waals surface area (Å²) in [6.07, 6.45) is 1.56. The predicted molar refractivity (Wildman–Crippen MR) is 111 cm³/mol. The Balaban J connectivity index is 1.96. The van der Waals surface area contributed by atoms with Crippen LogP contribution in [0.3, 0.4) is 0 Å². The number of aryl methyl sites for hydroxylation is 2. The number of thiazole rings is 1. The zero-order valence-corrected chi connectivity index (χ0v) is 16.7. The van der Waals surface area contributed by atoms with Gasteiger partial charge in [0, 0.05) is 13.0 Å². The summed E-state index contributed by atoms with van der Waals surface area (Å²) in [5, 5.41) is 1.12. The SMILES string of the molecule is CCCc1cc2c(=O)c(-c3nc4ccccc4s3)c(C)oc2cc1OC(C)=O. The first-order valence-corrected chi connectivity index (χ1v) is 9.94. The minimum Gasteiger partial charge on any atom is -0.460 e. The number of para-hydroxylation sites is 1. The molecule has 2 aromatic heterocycles. The van der Waals surface area contributed by atoms with E-state index in [0.717, 1.165) is 22.2 Å². The van der Waals surface area contributed by atoms with Crippen molar-refractivity contribution in [3.63, 3.8) is 0 Å². The van der Waals surface area contributed by atoms with Gasteiger partial charge in [-0.15, -0.1) is 11.3 Å². The molecule has 2 heterocycles. The molecule has 0 fully saturated rings. The van der Waals surface area contributed by atoms with Crippen molar-refractivity contribution >= 4 is 38.5 Å². The fourth-order valence-corrected chi connectivity index (χ4v) is 4.38. The molecule has 0 bridgehead atoms. The molecule has 0 atom stereocenters. The minimum atomic E-state index is -0.401. The topological polar surface area (TPSA) is 69.4 Å². The minimum absolute atomic E-state index is 0.121. The second-order valence-electron chi connectivity index (χ2n) is 6.65. The Labute approximate surface area is 165 Å². The number of esters is 1. The van der Waals surface area contributed by atoms with Gasteiger partial charge in [-0.05, 0) is 37.1 Å². The maximum Gasteiger partial charge on any atom is 0.308 e. The molecule has 0 N–H and O–H groups in total. The average Bonchev–Trinajstić information content (AvgIpc) is 3.06. The van der Waals surface area contributed by atoms with E-state index in [-0.39, 0.29) is 5.43 Å². The Bertz CT molecular complexity index is 1240. The van der Waals surface area contributed by atoms with Gasteiger partial charge in [-0.3, -0.25) is 9.59 Å². The summed E-state index contributed by atoms with van der Waals surface area (Å²) in [5.74, 6) is 0.535. The molecule has 0 spiro atoms. The summed E-state index contributed by atoms with van der Waals surface area (Å²) >= 11 is 1.47. The second kappa shape index (κ2) is 7.20. The van der Waals surface area contributed by atoms with Gasteiger partial charge in [0.25, 0.3) is 0 Å². The standard InChI is InChI=1S/C22H19NO4S/c1-4-7-14-10-15-18(11-17(14)27-13(3)24)26-12(2)20(21(15)25)22-23-16-8-5-6-9-19(16)28-22/h5-6,8-11H,4,7H2,1-3H3. The van der Waals surface area contributed by atoms with E-state index in [9.17, 15) is 9.59 Å². The van der Waals surface area contributed by atoms with Gasteiger partial charge in [0.2, 0.25) is 5.43 Å². The largest absolute Gasteiger partial charge is 0.460 e. The van der Waals surface area contributed by atoms with Crippen LogP contribution in [0.5, 0.6) is 5.75 Å². The molecular formula is C22H19NO4S. The number of benzene rings is 2. The average molecular weight is 393 g/mol. The number of nitrogens with zero attached hydrogens (tertiary/aromatic N) is 1. The molecule has 0 amide bonds. The fraction of sp³-hybridized carbons (Fsp3) is 0.227. The number of carbonyl (C=O) groups excluding carboxylic acids is 1. The van der Waals surface area contributed by atoms with Gasteiger partial charge in [0.05, 0.1) is 21.2 Å². The van der Waals surface area contributed by atoms with Crippen LogP contribution in [0.15, 0.2) is 45.6 Å². The molecule has 28 heavy (non-hydrogen) atoms. The maximum atomic E-state index is 13.3. The third-order valence-electron chi connectivity index (χ3n) is 4.53. The van der Waals surface area contributed by atoms with E-state index in [4.69, 9.17) is 9.15 Å². The van der Waals surface area contributed by atoms with Gasteiger partial charge in [-0.1, -0.05) is 25.5 Å². The van der Waals surface area contributed by atoms with Crippen molar-refractivity contribution < 1.29 is 13.9 Å². The van der Waals surface area contributed by atoms with Crippen LogP contribution in [0.4, 0.5) is 0 Å². The normalized spacial score (nSPS) is 11.2. The highest BCUT2D eigenvalue weighted by molar-refractivity contribution is 7.21. The van der Waals surface area contributed by atoms with Crippen molar-refractivity contribution in [3.05, 3.63) is 57.9 Å². The summed E-state index contributed by atoms with van der Waals surface area (Å²) < 4.78 is 12.3. The molecule has 0 unspecified atom stereocenters. The molecule has 5 nitrogen and oxygen atoms in total. The number of hydrogen-bond acceptors (Lipinski definition) is 6. The highest BCUT2D eigenvalue weighted by atomic mass is 32.1. The molecule has 6 heteroatoms. The lowest BCUT2D eigenvalue weighted by Crippen LogP contribution is -2.10. The summed E-state index contributed by atoms with van der Waals surface area (Å²) in [7, 11) is 0. The van der Waals surface area contributed by atoms with Crippen LogP contribution in [0.1, 0.15) is 31.6 Å². The van der Waals surface area contributed by atoms with Crippen molar-refractivity contribution in [2.24, 2.45) is 0 Å². The Hall–Kier alpha value is -2.99. The monoisotopic (exact) mass is 393 g/mol. The van der Waals surface area contributed by atoms with Gasteiger partial charge in [-0.2, -0.15) is 0 Å². The first-order valence-electron chi connectivity index (χ1n) is 9.12. The lowest BCUT2D eigenvalue weighted by atomic mass is 10.0. The Kier molecular flexibility index (Phi) is 4.73. The quantitative estimate of drug-likeness (QED) is 0.350. The number of aromatic nitrogens is 1. The van der Waals surface area contributed by atoms with E-state index in [1.807, 2.05) is 31.2 Å². The van der Waals surface area contributed by atoms with Gasteiger partial charge in [0.1, 0.15) is 22.1 Å². The summed E-state index contributed by atoms with van der Waals surface area (Å²) in [6.45, 7) is 5.15. The van der Waals surface area contributed by atoms with Crippen molar-refractivity contribution in [1.29, 1.82) is 0 Å².